The van der Waals surface area contributed by atoms with Crippen LogP contribution in [0.15, 0.2) is 21.6 Å². The van der Waals surface area contributed by atoms with Gasteiger partial charge in [0.05, 0.1) is 6.61 Å². The monoisotopic (exact) mass is 304 g/mol. The fourth-order valence-electron chi connectivity index (χ4n) is 1.50. The van der Waals surface area contributed by atoms with Crippen LogP contribution in [0.25, 0.3) is 0 Å². The van der Waals surface area contributed by atoms with Gasteiger partial charge < -0.3 is 14.5 Å². The molecule has 1 atom stereocenters. The van der Waals surface area contributed by atoms with E-state index in [-0.39, 0.29) is 30.0 Å². The van der Waals surface area contributed by atoms with E-state index >= 15 is 0 Å². The first-order valence-electron chi connectivity index (χ1n) is 6.40. The largest absolute Gasteiger partial charge is 0.460 e. The Labute approximate surface area is 118 Å². The van der Waals surface area contributed by atoms with Gasteiger partial charge in [0.2, 0.25) is 10.9 Å². The highest BCUT2D eigenvalue weighted by molar-refractivity contribution is 7.89. The van der Waals surface area contributed by atoms with Gasteiger partial charge >= 0.3 is 5.97 Å². The van der Waals surface area contributed by atoms with E-state index in [4.69, 9.17) is 9.15 Å². The van der Waals surface area contributed by atoms with Crippen LogP contribution in [0.1, 0.15) is 31.3 Å². The normalized spacial score (nSPS) is 13.2. The third-order valence-corrected chi connectivity index (χ3v) is 3.75. The molecule has 0 spiro atoms. The van der Waals surface area contributed by atoms with Crippen molar-refractivity contribution >= 4 is 16.0 Å². The number of esters is 1. The second kappa shape index (κ2) is 7.41. The minimum atomic E-state index is -3.77. The summed E-state index contributed by atoms with van der Waals surface area (Å²) in [7, 11) is -3.77. The van der Waals surface area contributed by atoms with Crippen LogP contribution in [0.4, 0.5) is 0 Å². The van der Waals surface area contributed by atoms with Crippen molar-refractivity contribution in [3.05, 3.63) is 17.9 Å². The summed E-state index contributed by atoms with van der Waals surface area (Å²) in [5, 5.41) is 2.78. The maximum absolute atomic E-state index is 11.9. The molecule has 0 saturated heterocycles. The Balaban J connectivity index is 2.71. The summed E-state index contributed by atoms with van der Waals surface area (Å²) in [4.78, 5) is 11.4. The smallest absolute Gasteiger partial charge is 0.374 e. The molecule has 114 valence electrons. The zero-order valence-electron chi connectivity index (χ0n) is 11.8. The number of likely N-dealkylation sites (N-methyl/N-ethyl adjacent to an activating group) is 1. The zero-order valence-corrected chi connectivity index (χ0v) is 12.6. The third kappa shape index (κ3) is 4.62. The maximum atomic E-state index is 11.9. The molecule has 1 aromatic heterocycles. The van der Waals surface area contributed by atoms with Crippen molar-refractivity contribution in [2.45, 2.75) is 31.9 Å². The van der Waals surface area contributed by atoms with Crippen LogP contribution in [0.5, 0.6) is 0 Å². The van der Waals surface area contributed by atoms with Crippen molar-refractivity contribution in [1.82, 2.24) is 10.0 Å². The number of carbonyl (C=O) groups is 1. The zero-order chi connectivity index (χ0) is 15.2. The second-order valence-electron chi connectivity index (χ2n) is 4.15. The van der Waals surface area contributed by atoms with Crippen LogP contribution in [-0.2, 0) is 14.8 Å². The Morgan fingerprint density at radius 1 is 1.40 bits per heavy atom. The van der Waals surface area contributed by atoms with Crippen molar-refractivity contribution in [2.75, 3.05) is 19.7 Å². The number of sulfonamides is 1. The first-order chi connectivity index (χ1) is 9.40. The molecule has 0 aromatic carbocycles. The molecule has 0 aliphatic heterocycles. The van der Waals surface area contributed by atoms with Crippen molar-refractivity contribution in [1.29, 1.82) is 0 Å². The summed E-state index contributed by atoms with van der Waals surface area (Å²) in [6.07, 6.45) is 0. The van der Waals surface area contributed by atoms with E-state index in [1.54, 1.807) is 6.92 Å². The molecule has 8 heteroatoms. The molecule has 0 saturated carbocycles. The Bertz CT molecular complexity index is 538. The molecule has 2 N–H and O–H groups in total. The van der Waals surface area contributed by atoms with Gasteiger partial charge in [-0.2, -0.15) is 0 Å². The predicted molar refractivity (Wildman–Crippen MR) is 73.0 cm³/mol. The number of hydrogen-bond donors (Lipinski definition) is 2. The molecular formula is C12H20N2O5S. The van der Waals surface area contributed by atoms with Crippen LogP contribution < -0.4 is 10.0 Å². The lowest BCUT2D eigenvalue weighted by molar-refractivity contribution is 0.0484. The van der Waals surface area contributed by atoms with Gasteiger partial charge in [-0.3, -0.25) is 0 Å². The summed E-state index contributed by atoms with van der Waals surface area (Å²) in [5.41, 5.74) is 0. The summed E-state index contributed by atoms with van der Waals surface area (Å²) in [5.74, 6) is -0.818. The summed E-state index contributed by atoms with van der Waals surface area (Å²) < 4.78 is 36.0. The maximum Gasteiger partial charge on any atom is 0.374 e. The quantitative estimate of drug-likeness (QED) is 0.687. The number of hydrogen-bond acceptors (Lipinski definition) is 6. The third-order valence-electron chi connectivity index (χ3n) is 2.45. The fraction of sp³-hybridized carbons (Fsp3) is 0.583. The van der Waals surface area contributed by atoms with E-state index in [9.17, 15) is 13.2 Å². The highest BCUT2D eigenvalue weighted by Crippen LogP contribution is 2.14. The SMILES string of the molecule is CCN[C@H](C)CNS(=O)(=O)c1ccc(C(=O)OCC)o1. The second-order valence-corrected chi connectivity index (χ2v) is 5.85. The highest BCUT2D eigenvalue weighted by Gasteiger charge is 2.22. The van der Waals surface area contributed by atoms with Gasteiger partial charge in [0, 0.05) is 12.6 Å². The Morgan fingerprint density at radius 3 is 2.70 bits per heavy atom. The fourth-order valence-corrected chi connectivity index (χ4v) is 2.56. The van der Waals surface area contributed by atoms with Crippen molar-refractivity contribution in [2.24, 2.45) is 0 Å². The minimum absolute atomic E-state index is 0.00531. The lowest BCUT2D eigenvalue weighted by Gasteiger charge is -2.12. The van der Waals surface area contributed by atoms with E-state index in [0.29, 0.717) is 0 Å². The lowest BCUT2D eigenvalue weighted by Crippen LogP contribution is -2.38. The summed E-state index contributed by atoms with van der Waals surface area (Å²) in [6, 6.07) is 2.50. The summed E-state index contributed by atoms with van der Waals surface area (Å²) >= 11 is 0. The molecule has 0 unspecified atom stereocenters. The van der Waals surface area contributed by atoms with Crippen LogP contribution >= 0.6 is 0 Å². The number of ether oxygens (including phenoxy) is 1. The molecule has 1 aromatic rings. The van der Waals surface area contributed by atoms with E-state index in [2.05, 4.69) is 10.0 Å². The molecule has 0 fully saturated rings. The number of rotatable bonds is 8. The van der Waals surface area contributed by atoms with Gasteiger partial charge in [0.25, 0.3) is 10.0 Å². The van der Waals surface area contributed by atoms with Crippen LogP contribution in [0.2, 0.25) is 0 Å². The van der Waals surface area contributed by atoms with Crippen molar-refractivity contribution in [3.63, 3.8) is 0 Å². The first-order valence-corrected chi connectivity index (χ1v) is 7.89. The molecule has 0 aliphatic rings. The molecule has 1 heterocycles. The van der Waals surface area contributed by atoms with E-state index in [1.807, 2.05) is 13.8 Å². The number of carbonyl (C=O) groups excluding carboxylic acids is 1. The highest BCUT2D eigenvalue weighted by atomic mass is 32.2. The standard InChI is InChI=1S/C12H20N2O5S/c1-4-13-9(3)8-14-20(16,17)11-7-6-10(19-11)12(15)18-5-2/h6-7,9,13-14H,4-5,8H2,1-3H3/t9-/m1/s1. The molecule has 1 rings (SSSR count). The van der Waals surface area contributed by atoms with E-state index in [0.717, 1.165) is 6.54 Å². The molecule has 7 nitrogen and oxygen atoms in total. The van der Waals surface area contributed by atoms with Gasteiger partial charge in [-0.15, -0.1) is 0 Å². The van der Waals surface area contributed by atoms with Gasteiger partial charge in [-0.25, -0.2) is 17.9 Å². The molecule has 0 amide bonds. The predicted octanol–water partition coefficient (Wildman–Crippen LogP) is 0.733. The lowest BCUT2D eigenvalue weighted by atomic mass is 10.3. The van der Waals surface area contributed by atoms with Crippen molar-refractivity contribution in [3.8, 4) is 0 Å². The minimum Gasteiger partial charge on any atom is -0.460 e. The van der Waals surface area contributed by atoms with Crippen LogP contribution in [-0.4, -0.2) is 40.1 Å². The van der Waals surface area contributed by atoms with Crippen LogP contribution in [0, 0.1) is 0 Å². The van der Waals surface area contributed by atoms with Crippen molar-refractivity contribution < 1.29 is 22.4 Å². The van der Waals surface area contributed by atoms with Gasteiger partial charge in [-0.1, -0.05) is 6.92 Å². The van der Waals surface area contributed by atoms with E-state index in [1.165, 1.54) is 12.1 Å². The first kappa shape index (κ1) is 16.7. The Kier molecular flexibility index (Phi) is 6.18. The number of furan rings is 1. The number of nitrogens with one attached hydrogen (secondary N) is 2. The molecular weight excluding hydrogens is 284 g/mol. The van der Waals surface area contributed by atoms with Gasteiger partial charge in [0.1, 0.15) is 0 Å². The topological polar surface area (TPSA) is 97.6 Å². The average Bonchev–Trinajstić information content (AvgIpc) is 2.88. The molecule has 0 aliphatic carbocycles. The molecule has 20 heavy (non-hydrogen) atoms. The Hall–Kier alpha value is -1.38. The van der Waals surface area contributed by atoms with Gasteiger partial charge in [-0.05, 0) is 32.5 Å². The van der Waals surface area contributed by atoms with Crippen LogP contribution in [0.3, 0.4) is 0 Å². The van der Waals surface area contributed by atoms with Gasteiger partial charge in [0.15, 0.2) is 0 Å². The molecule has 0 bridgehead atoms. The van der Waals surface area contributed by atoms with E-state index < -0.39 is 16.0 Å². The Morgan fingerprint density at radius 2 is 2.10 bits per heavy atom. The average molecular weight is 304 g/mol. The summed E-state index contributed by atoms with van der Waals surface area (Å²) in [6.45, 7) is 6.62. The molecule has 0 radical (unpaired) electrons.